The maximum Gasteiger partial charge on any atom is 0.261 e. The maximum atomic E-state index is 13.2. The second-order valence-corrected chi connectivity index (χ2v) is 9.43. The molecule has 2 atom stereocenters. The highest BCUT2D eigenvalue weighted by molar-refractivity contribution is 9.10. The van der Waals surface area contributed by atoms with Gasteiger partial charge in [-0.1, -0.05) is 51.1 Å². The van der Waals surface area contributed by atoms with Gasteiger partial charge in [0.05, 0.1) is 4.47 Å². The van der Waals surface area contributed by atoms with Crippen LogP contribution < -0.4 is 10.1 Å². The Bertz CT molecular complexity index is 929. The molecule has 0 saturated heterocycles. The fourth-order valence-electron chi connectivity index (χ4n) is 3.23. The number of nitrogens with zero attached hydrogens (tertiary/aromatic N) is 1. The van der Waals surface area contributed by atoms with Gasteiger partial charge in [-0.2, -0.15) is 0 Å². The number of aryl methyl sites for hydroxylation is 1. The minimum atomic E-state index is -0.619. The van der Waals surface area contributed by atoms with Crippen molar-refractivity contribution in [2.75, 3.05) is 6.61 Å². The Hall–Kier alpha value is -2.34. The van der Waals surface area contributed by atoms with Crippen LogP contribution in [0.3, 0.4) is 0 Å². The maximum absolute atomic E-state index is 13.2. The third-order valence-electron chi connectivity index (χ3n) is 5.74. The quantitative estimate of drug-likeness (QED) is 0.460. The van der Waals surface area contributed by atoms with E-state index in [2.05, 4.69) is 35.1 Å². The summed E-state index contributed by atoms with van der Waals surface area (Å²) in [5.41, 5.74) is 3.27. The Morgan fingerprint density at radius 2 is 1.78 bits per heavy atom. The van der Waals surface area contributed by atoms with Crippen LogP contribution >= 0.6 is 15.9 Å². The number of halogens is 1. The molecule has 0 aliphatic heterocycles. The fourth-order valence-corrected chi connectivity index (χ4v) is 3.75. The van der Waals surface area contributed by atoms with Gasteiger partial charge in [0.15, 0.2) is 6.61 Å². The first-order chi connectivity index (χ1) is 15.1. The molecule has 1 N–H and O–H groups in total. The zero-order chi connectivity index (χ0) is 23.8. The highest BCUT2D eigenvalue weighted by Crippen LogP contribution is 2.29. The van der Waals surface area contributed by atoms with Crippen molar-refractivity contribution in [2.45, 2.75) is 72.5 Å². The lowest BCUT2D eigenvalue weighted by atomic mass is 10.0. The monoisotopic (exact) mass is 502 g/mol. The van der Waals surface area contributed by atoms with Crippen molar-refractivity contribution in [3.05, 3.63) is 63.6 Å². The van der Waals surface area contributed by atoms with Gasteiger partial charge in [-0.15, -0.1) is 0 Å². The molecule has 0 heterocycles. The van der Waals surface area contributed by atoms with Gasteiger partial charge in [0.1, 0.15) is 11.8 Å². The van der Waals surface area contributed by atoms with Crippen LogP contribution in [0.2, 0.25) is 0 Å². The van der Waals surface area contributed by atoms with E-state index in [1.807, 2.05) is 63.2 Å². The molecule has 0 radical (unpaired) electrons. The number of rotatable bonds is 10. The first-order valence-corrected chi connectivity index (χ1v) is 12.0. The Morgan fingerprint density at radius 3 is 2.38 bits per heavy atom. The van der Waals surface area contributed by atoms with Gasteiger partial charge in [0.25, 0.3) is 5.91 Å². The van der Waals surface area contributed by atoms with E-state index >= 15 is 0 Å². The van der Waals surface area contributed by atoms with E-state index < -0.39 is 6.04 Å². The fraction of sp³-hybridized carbons (Fsp3) is 0.462. The molecule has 174 valence electrons. The Balaban J connectivity index is 2.19. The second kappa shape index (κ2) is 12.0. The Labute approximate surface area is 200 Å². The minimum Gasteiger partial charge on any atom is -0.483 e. The molecule has 0 spiro atoms. The summed E-state index contributed by atoms with van der Waals surface area (Å²) < 4.78 is 6.65. The molecule has 0 fully saturated rings. The summed E-state index contributed by atoms with van der Waals surface area (Å²) in [5.74, 6) is 0.607. The predicted octanol–water partition coefficient (Wildman–Crippen LogP) is 5.59. The number of hydrogen-bond acceptors (Lipinski definition) is 3. The smallest absolute Gasteiger partial charge is 0.261 e. The van der Waals surface area contributed by atoms with Crippen molar-refractivity contribution in [1.29, 1.82) is 0 Å². The van der Waals surface area contributed by atoms with Gasteiger partial charge in [0, 0.05) is 12.6 Å². The number of amides is 2. The number of nitrogens with one attached hydrogen (secondary N) is 1. The van der Waals surface area contributed by atoms with Crippen LogP contribution in [0.1, 0.15) is 63.6 Å². The summed E-state index contributed by atoms with van der Waals surface area (Å²) >= 11 is 3.54. The van der Waals surface area contributed by atoms with Crippen molar-refractivity contribution < 1.29 is 14.3 Å². The van der Waals surface area contributed by atoms with Gasteiger partial charge in [-0.05, 0) is 77.9 Å². The molecular formula is C26H35BrN2O3. The van der Waals surface area contributed by atoms with E-state index in [0.29, 0.717) is 18.2 Å². The molecule has 5 nitrogen and oxygen atoms in total. The van der Waals surface area contributed by atoms with Crippen LogP contribution in [-0.4, -0.2) is 35.4 Å². The van der Waals surface area contributed by atoms with E-state index in [1.165, 1.54) is 5.56 Å². The SMILES string of the molecule is CC[C@H](C)NC(=O)[C@H](C)N(Cc1ccccc1C)C(=O)COc1ccc(C(C)C)cc1Br. The molecule has 0 unspecified atom stereocenters. The van der Waals surface area contributed by atoms with Gasteiger partial charge >= 0.3 is 0 Å². The number of carbonyl (C=O) groups is 2. The van der Waals surface area contributed by atoms with Crippen LogP contribution in [-0.2, 0) is 16.1 Å². The standard InChI is InChI=1S/C26H35BrN2O3/c1-7-19(5)28-26(31)20(6)29(15-22-11-9-8-10-18(22)4)25(30)16-32-24-13-12-21(17(2)3)14-23(24)27/h8-14,17,19-20H,7,15-16H2,1-6H3,(H,28,31)/t19-,20-/m0/s1. The summed E-state index contributed by atoms with van der Waals surface area (Å²) in [5, 5.41) is 2.98. The highest BCUT2D eigenvalue weighted by Gasteiger charge is 2.27. The first kappa shape index (κ1) is 25.9. The summed E-state index contributed by atoms with van der Waals surface area (Å²) in [6.45, 7) is 12.2. The van der Waals surface area contributed by atoms with Crippen LogP contribution in [0.4, 0.5) is 0 Å². The van der Waals surface area contributed by atoms with E-state index in [4.69, 9.17) is 4.74 Å². The molecule has 0 aliphatic rings. The molecule has 0 aliphatic carbocycles. The number of carbonyl (C=O) groups excluding carboxylic acids is 2. The van der Waals surface area contributed by atoms with Gasteiger partial charge in [-0.3, -0.25) is 9.59 Å². The minimum absolute atomic E-state index is 0.0482. The lowest BCUT2D eigenvalue weighted by Gasteiger charge is -2.30. The largest absolute Gasteiger partial charge is 0.483 e. The summed E-state index contributed by atoms with van der Waals surface area (Å²) in [6.07, 6.45) is 0.827. The number of hydrogen-bond donors (Lipinski definition) is 1. The van der Waals surface area contributed by atoms with Gasteiger partial charge in [-0.25, -0.2) is 0 Å². The molecule has 2 aromatic rings. The van der Waals surface area contributed by atoms with Gasteiger partial charge in [0.2, 0.25) is 5.91 Å². The molecule has 0 saturated carbocycles. The average Bonchev–Trinajstić information content (AvgIpc) is 2.76. The molecule has 2 amide bonds. The lowest BCUT2D eigenvalue weighted by molar-refractivity contribution is -0.142. The molecular weight excluding hydrogens is 468 g/mol. The van der Waals surface area contributed by atoms with Crippen LogP contribution in [0, 0.1) is 6.92 Å². The van der Waals surface area contributed by atoms with E-state index in [-0.39, 0.29) is 24.5 Å². The lowest BCUT2D eigenvalue weighted by Crippen LogP contribution is -2.50. The van der Waals surface area contributed by atoms with E-state index in [0.717, 1.165) is 22.0 Å². The molecule has 2 aromatic carbocycles. The topological polar surface area (TPSA) is 58.6 Å². The van der Waals surface area contributed by atoms with Gasteiger partial charge < -0.3 is 15.0 Å². The molecule has 0 bridgehead atoms. The average molecular weight is 503 g/mol. The van der Waals surface area contributed by atoms with Crippen molar-refractivity contribution >= 4 is 27.7 Å². The first-order valence-electron chi connectivity index (χ1n) is 11.2. The zero-order valence-corrected chi connectivity index (χ0v) is 21.5. The van der Waals surface area contributed by atoms with Crippen molar-refractivity contribution in [3.63, 3.8) is 0 Å². The highest BCUT2D eigenvalue weighted by atomic mass is 79.9. The van der Waals surface area contributed by atoms with Crippen LogP contribution in [0.15, 0.2) is 46.9 Å². The molecule has 32 heavy (non-hydrogen) atoms. The Morgan fingerprint density at radius 1 is 1.09 bits per heavy atom. The Kier molecular flexibility index (Phi) is 9.76. The molecule has 0 aromatic heterocycles. The predicted molar refractivity (Wildman–Crippen MR) is 133 cm³/mol. The normalized spacial score (nSPS) is 12.9. The molecule has 6 heteroatoms. The summed E-state index contributed by atoms with van der Waals surface area (Å²) in [4.78, 5) is 27.6. The van der Waals surface area contributed by atoms with Crippen molar-refractivity contribution in [1.82, 2.24) is 10.2 Å². The van der Waals surface area contributed by atoms with Crippen LogP contribution in [0.25, 0.3) is 0 Å². The summed E-state index contributed by atoms with van der Waals surface area (Å²) in [6, 6.07) is 13.2. The second-order valence-electron chi connectivity index (χ2n) is 8.58. The van der Waals surface area contributed by atoms with E-state index in [1.54, 1.807) is 11.8 Å². The van der Waals surface area contributed by atoms with Crippen molar-refractivity contribution in [2.24, 2.45) is 0 Å². The van der Waals surface area contributed by atoms with Crippen molar-refractivity contribution in [3.8, 4) is 5.75 Å². The summed E-state index contributed by atoms with van der Waals surface area (Å²) in [7, 11) is 0. The number of ether oxygens (including phenoxy) is 1. The number of benzene rings is 2. The third kappa shape index (κ3) is 7.09. The molecule has 2 rings (SSSR count). The zero-order valence-electron chi connectivity index (χ0n) is 19.9. The van der Waals surface area contributed by atoms with Crippen LogP contribution in [0.5, 0.6) is 5.75 Å². The third-order valence-corrected chi connectivity index (χ3v) is 6.36. The van der Waals surface area contributed by atoms with E-state index in [9.17, 15) is 9.59 Å².